The topological polar surface area (TPSA) is 49.4 Å². The number of likely N-dealkylation sites (tertiary alicyclic amines) is 1. The first-order valence-corrected chi connectivity index (χ1v) is 9.41. The summed E-state index contributed by atoms with van der Waals surface area (Å²) in [4.78, 5) is 26.4. The third-order valence-corrected chi connectivity index (χ3v) is 4.98. The average molecular weight is 368 g/mol. The molecule has 27 heavy (non-hydrogen) atoms. The van der Waals surface area contributed by atoms with Crippen molar-refractivity contribution >= 4 is 11.8 Å². The van der Waals surface area contributed by atoms with Crippen LogP contribution in [0.5, 0.6) is 0 Å². The summed E-state index contributed by atoms with van der Waals surface area (Å²) >= 11 is 0. The first-order chi connectivity index (χ1) is 13.0. The first-order valence-electron chi connectivity index (χ1n) is 9.41. The normalized spacial score (nSPS) is 14.8. The molecule has 1 aliphatic rings. The zero-order valence-electron chi connectivity index (χ0n) is 15.6. The number of hydrogen-bond acceptors (Lipinski definition) is 2. The third-order valence-electron chi connectivity index (χ3n) is 4.98. The predicted octanol–water partition coefficient (Wildman–Crippen LogP) is 3.49. The Morgan fingerprint density at radius 1 is 1.11 bits per heavy atom. The van der Waals surface area contributed by atoms with Crippen LogP contribution in [-0.4, -0.2) is 35.8 Å². The minimum atomic E-state index is -0.406. The second-order valence-corrected chi connectivity index (χ2v) is 7.13. The first kappa shape index (κ1) is 19.1. The van der Waals surface area contributed by atoms with Crippen molar-refractivity contribution in [2.75, 3.05) is 13.1 Å². The molecule has 0 spiro atoms. The molecule has 0 unspecified atom stereocenters. The smallest absolute Gasteiger partial charge is 0.253 e. The highest BCUT2D eigenvalue weighted by atomic mass is 19.1. The number of hydrogen-bond donors (Lipinski definition) is 1. The van der Waals surface area contributed by atoms with E-state index in [1.165, 1.54) is 17.7 Å². The quantitative estimate of drug-likeness (QED) is 0.878. The Hall–Kier alpha value is -2.69. The lowest BCUT2D eigenvalue weighted by molar-refractivity contribution is -0.122. The summed E-state index contributed by atoms with van der Waals surface area (Å²) in [5, 5.41) is 3.07. The highest BCUT2D eigenvalue weighted by Gasteiger charge is 2.24. The molecule has 1 heterocycles. The molecule has 2 aromatic rings. The molecule has 0 aromatic heterocycles. The fourth-order valence-corrected chi connectivity index (χ4v) is 3.34. The summed E-state index contributed by atoms with van der Waals surface area (Å²) in [6.45, 7) is 3.18. The number of benzene rings is 2. The van der Waals surface area contributed by atoms with E-state index < -0.39 is 5.82 Å². The van der Waals surface area contributed by atoms with Gasteiger partial charge in [0.05, 0.1) is 0 Å². The highest BCUT2D eigenvalue weighted by molar-refractivity contribution is 5.94. The van der Waals surface area contributed by atoms with E-state index in [0.29, 0.717) is 25.1 Å². The minimum Gasteiger partial charge on any atom is -0.353 e. The van der Waals surface area contributed by atoms with Gasteiger partial charge in [-0.25, -0.2) is 4.39 Å². The van der Waals surface area contributed by atoms with Crippen LogP contribution in [0.15, 0.2) is 48.5 Å². The number of carbonyl (C=O) groups is 2. The Morgan fingerprint density at radius 2 is 1.81 bits per heavy atom. The monoisotopic (exact) mass is 368 g/mol. The van der Waals surface area contributed by atoms with Crippen molar-refractivity contribution in [3.8, 4) is 0 Å². The molecule has 1 aliphatic heterocycles. The lowest BCUT2D eigenvalue weighted by atomic mass is 10.0. The second kappa shape index (κ2) is 8.80. The van der Waals surface area contributed by atoms with E-state index in [1.54, 1.807) is 17.0 Å². The molecule has 0 radical (unpaired) electrons. The SMILES string of the molecule is Cc1ccc(CCC(=O)NC2CCN(C(=O)c3cccc(F)c3)CC2)cc1. The van der Waals surface area contributed by atoms with Crippen LogP contribution in [0.25, 0.3) is 0 Å². The van der Waals surface area contributed by atoms with E-state index in [2.05, 4.69) is 29.6 Å². The molecule has 3 rings (SSSR count). The lowest BCUT2D eigenvalue weighted by Gasteiger charge is -2.32. The minimum absolute atomic E-state index is 0.0467. The predicted molar refractivity (Wildman–Crippen MR) is 103 cm³/mol. The number of aryl methyl sites for hydroxylation is 2. The molecule has 1 N–H and O–H groups in total. The fourth-order valence-electron chi connectivity index (χ4n) is 3.34. The van der Waals surface area contributed by atoms with Crippen LogP contribution in [0.4, 0.5) is 4.39 Å². The number of nitrogens with zero attached hydrogens (tertiary/aromatic N) is 1. The van der Waals surface area contributed by atoms with Gasteiger partial charge in [-0.05, 0) is 49.9 Å². The zero-order chi connectivity index (χ0) is 19.2. The summed E-state index contributed by atoms with van der Waals surface area (Å²) in [6, 6.07) is 14.1. The van der Waals surface area contributed by atoms with Crippen molar-refractivity contribution in [3.63, 3.8) is 0 Å². The third kappa shape index (κ3) is 5.39. The van der Waals surface area contributed by atoms with Crippen molar-refractivity contribution in [2.24, 2.45) is 0 Å². The maximum absolute atomic E-state index is 13.3. The molecule has 0 aliphatic carbocycles. The number of halogens is 1. The van der Waals surface area contributed by atoms with Gasteiger partial charge in [-0.3, -0.25) is 9.59 Å². The summed E-state index contributed by atoms with van der Waals surface area (Å²) < 4.78 is 13.3. The van der Waals surface area contributed by atoms with Crippen LogP contribution in [-0.2, 0) is 11.2 Å². The van der Waals surface area contributed by atoms with Crippen LogP contribution in [0, 0.1) is 12.7 Å². The van der Waals surface area contributed by atoms with Crippen LogP contribution >= 0.6 is 0 Å². The molecule has 1 fully saturated rings. The summed E-state index contributed by atoms with van der Waals surface area (Å²) in [5.74, 6) is -0.513. The highest BCUT2D eigenvalue weighted by Crippen LogP contribution is 2.15. The number of piperidine rings is 1. The molecular weight excluding hydrogens is 343 g/mol. The van der Waals surface area contributed by atoms with Crippen molar-refractivity contribution in [2.45, 2.75) is 38.6 Å². The van der Waals surface area contributed by atoms with E-state index in [0.717, 1.165) is 24.8 Å². The Labute approximate surface area is 159 Å². The van der Waals surface area contributed by atoms with Gasteiger partial charge >= 0.3 is 0 Å². The maximum atomic E-state index is 13.3. The fraction of sp³-hybridized carbons (Fsp3) is 0.364. The molecule has 5 heteroatoms. The Kier molecular flexibility index (Phi) is 6.22. The number of amides is 2. The molecule has 2 aromatic carbocycles. The van der Waals surface area contributed by atoms with Crippen molar-refractivity contribution < 1.29 is 14.0 Å². The average Bonchev–Trinajstić information content (AvgIpc) is 2.67. The summed E-state index contributed by atoms with van der Waals surface area (Å²) in [5.41, 5.74) is 2.74. The van der Waals surface area contributed by atoms with Crippen LogP contribution < -0.4 is 5.32 Å². The van der Waals surface area contributed by atoms with Gasteiger partial charge in [-0.15, -0.1) is 0 Å². The summed E-state index contributed by atoms with van der Waals surface area (Å²) in [6.07, 6.45) is 2.63. The van der Waals surface area contributed by atoms with E-state index in [1.807, 2.05) is 6.92 Å². The van der Waals surface area contributed by atoms with Gasteiger partial charge in [0.25, 0.3) is 5.91 Å². The van der Waals surface area contributed by atoms with Crippen LogP contribution in [0.2, 0.25) is 0 Å². The number of rotatable bonds is 5. The van der Waals surface area contributed by atoms with E-state index in [-0.39, 0.29) is 17.9 Å². The Balaban J connectivity index is 1.43. The lowest BCUT2D eigenvalue weighted by Crippen LogP contribution is -2.46. The zero-order valence-corrected chi connectivity index (χ0v) is 15.6. The van der Waals surface area contributed by atoms with E-state index in [9.17, 15) is 14.0 Å². The Morgan fingerprint density at radius 3 is 2.48 bits per heavy atom. The molecule has 0 saturated carbocycles. The molecule has 0 bridgehead atoms. The van der Waals surface area contributed by atoms with E-state index >= 15 is 0 Å². The van der Waals surface area contributed by atoms with Gasteiger partial charge in [-0.1, -0.05) is 35.9 Å². The van der Waals surface area contributed by atoms with Gasteiger partial charge in [0.2, 0.25) is 5.91 Å². The number of carbonyl (C=O) groups excluding carboxylic acids is 2. The van der Waals surface area contributed by atoms with Gasteiger partial charge < -0.3 is 10.2 Å². The van der Waals surface area contributed by atoms with Crippen LogP contribution in [0.3, 0.4) is 0 Å². The summed E-state index contributed by atoms with van der Waals surface area (Å²) in [7, 11) is 0. The van der Waals surface area contributed by atoms with E-state index in [4.69, 9.17) is 0 Å². The standard InChI is InChI=1S/C22H25FN2O2/c1-16-5-7-17(8-6-16)9-10-21(26)24-20-11-13-25(14-12-20)22(27)18-3-2-4-19(23)15-18/h2-8,15,20H,9-14H2,1H3,(H,24,26). The van der Waals surface area contributed by atoms with Crippen molar-refractivity contribution in [3.05, 3.63) is 71.0 Å². The van der Waals surface area contributed by atoms with Gasteiger partial charge in [0.1, 0.15) is 5.82 Å². The molecular formula is C22H25FN2O2. The second-order valence-electron chi connectivity index (χ2n) is 7.13. The van der Waals surface area contributed by atoms with Gasteiger partial charge in [-0.2, -0.15) is 0 Å². The van der Waals surface area contributed by atoms with Gasteiger partial charge in [0.15, 0.2) is 0 Å². The molecule has 4 nitrogen and oxygen atoms in total. The van der Waals surface area contributed by atoms with Crippen LogP contribution in [0.1, 0.15) is 40.7 Å². The molecule has 2 amide bonds. The van der Waals surface area contributed by atoms with Gasteiger partial charge in [0, 0.05) is 31.1 Å². The maximum Gasteiger partial charge on any atom is 0.253 e. The number of nitrogens with one attached hydrogen (secondary N) is 1. The van der Waals surface area contributed by atoms with Crippen molar-refractivity contribution in [1.29, 1.82) is 0 Å². The molecule has 0 atom stereocenters. The molecule has 142 valence electrons. The Bertz CT molecular complexity index is 796. The molecule has 1 saturated heterocycles. The van der Waals surface area contributed by atoms with Crippen molar-refractivity contribution in [1.82, 2.24) is 10.2 Å². The largest absolute Gasteiger partial charge is 0.353 e.